The minimum atomic E-state index is -0.137. The topological polar surface area (TPSA) is 58.6 Å². The van der Waals surface area contributed by atoms with Crippen LogP contribution in [0, 0.1) is 13.8 Å². The quantitative estimate of drug-likeness (QED) is 0.487. The molecule has 1 fully saturated rings. The van der Waals surface area contributed by atoms with Gasteiger partial charge in [0, 0.05) is 12.1 Å². The molecule has 1 atom stereocenters. The fraction of sp³-hybridized carbons (Fsp3) is 0.259. The Morgan fingerprint density at radius 1 is 1.03 bits per heavy atom. The summed E-state index contributed by atoms with van der Waals surface area (Å²) >= 11 is 1.62. The van der Waals surface area contributed by atoms with Gasteiger partial charge in [-0.2, -0.15) is 0 Å². The lowest BCUT2D eigenvalue weighted by molar-refractivity contribution is -0.128. The van der Waals surface area contributed by atoms with E-state index in [9.17, 15) is 9.59 Å². The third-order valence-electron chi connectivity index (χ3n) is 5.76. The Kier molecular flexibility index (Phi) is 7.35. The van der Waals surface area contributed by atoms with Gasteiger partial charge in [0.2, 0.25) is 5.91 Å². The molecule has 2 amide bonds. The van der Waals surface area contributed by atoms with Crippen LogP contribution in [0.1, 0.15) is 38.0 Å². The molecule has 0 unspecified atom stereocenters. The molecule has 0 bridgehead atoms. The first-order valence-electron chi connectivity index (χ1n) is 11.0. The molecule has 0 spiro atoms. The van der Waals surface area contributed by atoms with Gasteiger partial charge < -0.3 is 15.0 Å². The number of nitrogens with one attached hydrogen (secondary N) is 1. The lowest BCUT2D eigenvalue weighted by Gasteiger charge is -2.24. The maximum Gasteiger partial charge on any atom is 0.251 e. The Morgan fingerprint density at radius 2 is 1.79 bits per heavy atom. The molecular weight excluding hydrogens is 432 g/mol. The van der Waals surface area contributed by atoms with Crippen LogP contribution in [0.2, 0.25) is 0 Å². The predicted molar refractivity (Wildman–Crippen MR) is 132 cm³/mol. The van der Waals surface area contributed by atoms with Crippen LogP contribution in [0.4, 0.5) is 0 Å². The van der Waals surface area contributed by atoms with E-state index in [4.69, 9.17) is 4.74 Å². The summed E-state index contributed by atoms with van der Waals surface area (Å²) < 4.78 is 5.73. The number of hydrogen-bond acceptors (Lipinski definition) is 4. The smallest absolute Gasteiger partial charge is 0.251 e. The molecule has 1 saturated heterocycles. The highest BCUT2D eigenvalue weighted by molar-refractivity contribution is 8.00. The van der Waals surface area contributed by atoms with E-state index in [0.29, 0.717) is 31.0 Å². The van der Waals surface area contributed by atoms with Gasteiger partial charge in [-0.25, -0.2) is 0 Å². The molecular formula is C27H28N2O3S. The molecule has 0 aromatic heterocycles. The zero-order valence-corrected chi connectivity index (χ0v) is 19.7. The molecule has 6 heteroatoms. The lowest BCUT2D eigenvalue weighted by Crippen LogP contribution is -2.28. The SMILES string of the molecule is Cc1ccc(OCCNC(=O)c2ccc([C@H]3SCC(=O)N3Cc3ccccc3)cc2)cc1C. The van der Waals surface area contributed by atoms with E-state index in [1.165, 1.54) is 11.1 Å². The van der Waals surface area contributed by atoms with E-state index in [2.05, 4.69) is 19.2 Å². The number of hydrogen-bond donors (Lipinski definition) is 1. The molecule has 1 aliphatic rings. The van der Waals surface area contributed by atoms with Gasteiger partial charge >= 0.3 is 0 Å². The van der Waals surface area contributed by atoms with Crippen molar-refractivity contribution in [2.45, 2.75) is 25.8 Å². The summed E-state index contributed by atoms with van der Waals surface area (Å²) in [5.41, 5.74) is 5.13. The van der Waals surface area contributed by atoms with Crippen molar-refractivity contribution in [1.29, 1.82) is 0 Å². The second-order valence-electron chi connectivity index (χ2n) is 8.14. The third-order valence-corrected chi connectivity index (χ3v) is 7.01. The first-order chi connectivity index (χ1) is 16.0. The molecule has 5 nitrogen and oxygen atoms in total. The number of ether oxygens (including phenoxy) is 1. The number of benzene rings is 3. The highest BCUT2D eigenvalue weighted by Gasteiger charge is 2.32. The molecule has 170 valence electrons. The predicted octanol–water partition coefficient (Wildman–Crippen LogP) is 4.89. The van der Waals surface area contributed by atoms with Crippen molar-refractivity contribution in [2.75, 3.05) is 18.9 Å². The first kappa shape index (κ1) is 22.9. The van der Waals surface area contributed by atoms with Crippen LogP contribution in [0.3, 0.4) is 0 Å². The maximum absolute atomic E-state index is 12.5. The van der Waals surface area contributed by atoms with Crippen molar-refractivity contribution in [3.05, 3.63) is 101 Å². The number of nitrogens with zero attached hydrogens (tertiary/aromatic N) is 1. The average molecular weight is 461 g/mol. The fourth-order valence-electron chi connectivity index (χ4n) is 3.72. The van der Waals surface area contributed by atoms with Crippen LogP contribution in [0.25, 0.3) is 0 Å². The molecule has 1 N–H and O–H groups in total. The molecule has 1 heterocycles. The Hall–Kier alpha value is -3.25. The fourth-order valence-corrected chi connectivity index (χ4v) is 4.91. The summed E-state index contributed by atoms with van der Waals surface area (Å²) in [7, 11) is 0. The summed E-state index contributed by atoms with van der Waals surface area (Å²) in [5, 5.41) is 2.86. The summed E-state index contributed by atoms with van der Waals surface area (Å²) in [6, 6.07) is 23.5. The van der Waals surface area contributed by atoms with E-state index in [1.807, 2.05) is 77.7 Å². The van der Waals surface area contributed by atoms with Gasteiger partial charge in [0.05, 0.1) is 12.3 Å². The van der Waals surface area contributed by atoms with Crippen LogP contribution >= 0.6 is 11.8 Å². The monoisotopic (exact) mass is 460 g/mol. The van der Waals surface area contributed by atoms with Crippen molar-refractivity contribution < 1.29 is 14.3 Å². The Bertz CT molecular complexity index is 1120. The van der Waals surface area contributed by atoms with Gasteiger partial charge in [0.15, 0.2) is 0 Å². The van der Waals surface area contributed by atoms with Crippen LogP contribution in [0.5, 0.6) is 5.75 Å². The molecule has 33 heavy (non-hydrogen) atoms. The van der Waals surface area contributed by atoms with Crippen molar-refractivity contribution in [3.63, 3.8) is 0 Å². The standard InChI is InChI=1S/C27H28N2O3S/c1-19-8-13-24(16-20(19)2)32-15-14-28-26(31)22-9-11-23(12-10-22)27-29(25(30)18-33-27)17-21-6-4-3-5-7-21/h3-13,16,27H,14-15,17-18H2,1-2H3,(H,28,31)/t27-/m1/s1. The Morgan fingerprint density at radius 3 is 2.52 bits per heavy atom. The minimum absolute atomic E-state index is 0.0406. The molecule has 1 aliphatic heterocycles. The van der Waals surface area contributed by atoms with Crippen LogP contribution < -0.4 is 10.1 Å². The van der Waals surface area contributed by atoms with Crippen molar-refractivity contribution >= 4 is 23.6 Å². The number of aryl methyl sites for hydroxylation is 2. The van der Waals surface area contributed by atoms with E-state index >= 15 is 0 Å². The highest BCUT2D eigenvalue weighted by Crippen LogP contribution is 2.39. The van der Waals surface area contributed by atoms with Gasteiger partial charge in [-0.3, -0.25) is 9.59 Å². The average Bonchev–Trinajstić information content (AvgIpc) is 3.19. The van der Waals surface area contributed by atoms with Crippen LogP contribution in [-0.4, -0.2) is 35.6 Å². The summed E-state index contributed by atoms with van der Waals surface area (Å²) in [6.45, 7) is 5.52. The van der Waals surface area contributed by atoms with Crippen molar-refractivity contribution in [3.8, 4) is 5.75 Å². The normalized spacial score (nSPS) is 15.5. The Balaban J connectivity index is 1.31. The number of carbonyl (C=O) groups is 2. The maximum atomic E-state index is 12.5. The summed E-state index contributed by atoms with van der Waals surface area (Å²) in [5.74, 6) is 1.28. The van der Waals surface area contributed by atoms with Gasteiger partial charge in [-0.05, 0) is 60.4 Å². The Labute approximate surface area is 199 Å². The second kappa shape index (κ2) is 10.6. The van der Waals surface area contributed by atoms with E-state index in [0.717, 1.165) is 16.9 Å². The first-order valence-corrected chi connectivity index (χ1v) is 12.1. The number of carbonyl (C=O) groups excluding carboxylic acids is 2. The highest BCUT2D eigenvalue weighted by atomic mass is 32.2. The van der Waals surface area contributed by atoms with Crippen LogP contribution in [0.15, 0.2) is 72.8 Å². The molecule has 0 aliphatic carbocycles. The van der Waals surface area contributed by atoms with E-state index < -0.39 is 0 Å². The van der Waals surface area contributed by atoms with Crippen LogP contribution in [-0.2, 0) is 11.3 Å². The van der Waals surface area contributed by atoms with Gasteiger partial charge in [-0.15, -0.1) is 11.8 Å². The lowest BCUT2D eigenvalue weighted by atomic mass is 10.1. The van der Waals surface area contributed by atoms with Gasteiger partial charge in [0.25, 0.3) is 5.91 Å². The van der Waals surface area contributed by atoms with E-state index in [1.54, 1.807) is 11.8 Å². The van der Waals surface area contributed by atoms with Crippen molar-refractivity contribution in [2.24, 2.45) is 0 Å². The van der Waals surface area contributed by atoms with Gasteiger partial charge in [-0.1, -0.05) is 48.5 Å². The molecule has 3 aromatic rings. The zero-order valence-electron chi connectivity index (χ0n) is 18.9. The largest absolute Gasteiger partial charge is 0.492 e. The van der Waals surface area contributed by atoms with Crippen molar-refractivity contribution in [1.82, 2.24) is 10.2 Å². The summed E-state index contributed by atoms with van der Waals surface area (Å²) in [6.07, 6.45) is 0. The zero-order chi connectivity index (χ0) is 23.2. The number of amides is 2. The molecule has 0 radical (unpaired) electrons. The van der Waals surface area contributed by atoms with Gasteiger partial charge in [0.1, 0.15) is 17.7 Å². The second-order valence-corrected chi connectivity index (χ2v) is 9.21. The third kappa shape index (κ3) is 5.76. The molecule has 4 rings (SSSR count). The number of thioether (sulfide) groups is 1. The molecule has 3 aromatic carbocycles. The molecule has 0 saturated carbocycles. The minimum Gasteiger partial charge on any atom is -0.492 e. The summed E-state index contributed by atoms with van der Waals surface area (Å²) in [4.78, 5) is 26.9. The van der Waals surface area contributed by atoms with E-state index in [-0.39, 0.29) is 17.2 Å². The number of rotatable bonds is 8.